The molecule has 1 fully saturated rings. The summed E-state index contributed by atoms with van der Waals surface area (Å²) in [6.45, 7) is 3.35. The molecule has 0 aromatic heterocycles. The number of anilines is 2. The van der Waals surface area contributed by atoms with E-state index in [9.17, 15) is 9.59 Å². The van der Waals surface area contributed by atoms with E-state index in [4.69, 9.17) is 9.47 Å². The van der Waals surface area contributed by atoms with Crippen LogP contribution in [0.25, 0.3) is 0 Å². The van der Waals surface area contributed by atoms with Gasteiger partial charge in [0.2, 0.25) is 5.91 Å². The van der Waals surface area contributed by atoms with E-state index in [1.165, 1.54) is 0 Å². The van der Waals surface area contributed by atoms with Crippen LogP contribution in [0.1, 0.15) is 22.7 Å². The van der Waals surface area contributed by atoms with Gasteiger partial charge in [-0.15, -0.1) is 0 Å². The Morgan fingerprint density at radius 3 is 2.10 bits per heavy atom. The van der Waals surface area contributed by atoms with Gasteiger partial charge < -0.3 is 24.6 Å². The summed E-state index contributed by atoms with van der Waals surface area (Å²) in [5.74, 6) is 0.317. The summed E-state index contributed by atoms with van der Waals surface area (Å²) in [7, 11) is 1.62. The molecule has 5 rings (SSSR count). The molecule has 1 unspecified atom stereocenters. The predicted molar refractivity (Wildman–Crippen MR) is 161 cm³/mol. The van der Waals surface area contributed by atoms with Crippen molar-refractivity contribution in [2.75, 3.05) is 43.6 Å². The average molecular weight is 550 g/mol. The Hall–Kier alpha value is -4.62. The van der Waals surface area contributed by atoms with Gasteiger partial charge in [-0.05, 0) is 53.1 Å². The standard InChI is InChI=1S/C34H35N3O4/c1-40-31-18-12-27(13-19-31)25-37(32(38)24-26-8-4-2-5-9-26)33(28-10-6-3-7-11-28)34(39)35-29-14-16-30(17-15-29)36-20-22-41-23-21-36/h2-19,33H,20-25H2,1H3,(H,35,39). The lowest BCUT2D eigenvalue weighted by Crippen LogP contribution is -2.41. The molecule has 0 saturated carbocycles. The molecule has 1 heterocycles. The number of carbonyl (C=O) groups excluding carboxylic acids is 2. The van der Waals surface area contributed by atoms with Gasteiger partial charge in [0.1, 0.15) is 11.8 Å². The third-order valence-electron chi connectivity index (χ3n) is 7.22. The third-order valence-corrected chi connectivity index (χ3v) is 7.22. The first-order valence-corrected chi connectivity index (χ1v) is 13.9. The lowest BCUT2D eigenvalue weighted by atomic mass is 10.0. The van der Waals surface area contributed by atoms with E-state index < -0.39 is 6.04 Å². The molecule has 210 valence electrons. The highest BCUT2D eigenvalue weighted by molar-refractivity contribution is 5.98. The largest absolute Gasteiger partial charge is 0.497 e. The smallest absolute Gasteiger partial charge is 0.251 e. The predicted octanol–water partition coefficient (Wildman–Crippen LogP) is 5.48. The van der Waals surface area contributed by atoms with Crippen LogP contribution in [0.3, 0.4) is 0 Å². The average Bonchev–Trinajstić information content (AvgIpc) is 3.03. The van der Waals surface area contributed by atoms with E-state index in [2.05, 4.69) is 10.2 Å². The molecule has 1 atom stereocenters. The minimum atomic E-state index is -0.839. The zero-order chi connectivity index (χ0) is 28.4. The van der Waals surface area contributed by atoms with Crippen LogP contribution in [-0.2, 0) is 27.3 Å². The molecule has 7 nitrogen and oxygen atoms in total. The van der Waals surface area contributed by atoms with E-state index in [-0.39, 0.29) is 24.8 Å². The highest BCUT2D eigenvalue weighted by Gasteiger charge is 2.32. The second kappa shape index (κ2) is 13.6. The number of morpholine rings is 1. The summed E-state index contributed by atoms with van der Waals surface area (Å²) in [6, 6.07) is 33.6. The molecule has 1 aliphatic rings. The first-order chi connectivity index (χ1) is 20.1. The van der Waals surface area contributed by atoms with Gasteiger partial charge in [-0.3, -0.25) is 9.59 Å². The number of nitrogens with zero attached hydrogens (tertiary/aromatic N) is 2. The number of carbonyl (C=O) groups is 2. The number of amides is 2. The molecule has 2 amide bonds. The molecule has 0 aliphatic carbocycles. The topological polar surface area (TPSA) is 71.1 Å². The molecule has 1 N–H and O–H groups in total. The number of nitrogens with one attached hydrogen (secondary N) is 1. The van der Waals surface area contributed by atoms with Gasteiger partial charge in [-0.25, -0.2) is 0 Å². The van der Waals surface area contributed by atoms with Crippen LogP contribution in [0.5, 0.6) is 5.75 Å². The third kappa shape index (κ3) is 7.32. The van der Waals surface area contributed by atoms with Crippen molar-refractivity contribution in [3.05, 3.63) is 126 Å². The minimum absolute atomic E-state index is 0.140. The van der Waals surface area contributed by atoms with Gasteiger partial charge in [0.05, 0.1) is 26.7 Å². The fourth-order valence-electron chi connectivity index (χ4n) is 5.02. The first kappa shape index (κ1) is 27.9. The van der Waals surface area contributed by atoms with Crippen molar-refractivity contribution >= 4 is 23.2 Å². The van der Waals surface area contributed by atoms with Crippen LogP contribution in [0.4, 0.5) is 11.4 Å². The Kier molecular flexibility index (Phi) is 9.29. The lowest BCUT2D eigenvalue weighted by molar-refractivity contribution is -0.139. The van der Waals surface area contributed by atoms with Gasteiger partial charge in [0, 0.05) is 31.0 Å². The normalized spacial score (nSPS) is 13.7. The van der Waals surface area contributed by atoms with Crippen LogP contribution >= 0.6 is 0 Å². The van der Waals surface area contributed by atoms with Crippen molar-refractivity contribution < 1.29 is 19.1 Å². The Balaban J connectivity index is 1.44. The summed E-state index contributed by atoms with van der Waals surface area (Å²) < 4.78 is 10.8. The monoisotopic (exact) mass is 549 g/mol. The molecule has 0 radical (unpaired) electrons. The zero-order valence-corrected chi connectivity index (χ0v) is 23.2. The molecule has 4 aromatic carbocycles. The summed E-state index contributed by atoms with van der Waals surface area (Å²) in [5.41, 5.74) is 4.29. The van der Waals surface area contributed by atoms with Gasteiger partial charge in [0.15, 0.2) is 0 Å². The molecular weight excluding hydrogens is 514 g/mol. The Bertz CT molecular complexity index is 1400. The van der Waals surface area contributed by atoms with E-state index in [0.29, 0.717) is 18.9 Å². The molecule has 7 heteroatoms. The van der Waals surface area contributed by atoms with Crippen LogP contribution in [0, 0.1) is 0 Å². The summed E-state index contributed by atoms with van der Waals surface area (Å²) in [5, 5.41) is 3.08. The van der Waals surface area contributed by atoms with Gasteiger partial charge in [-0.2, -0.15) is 0 Å². The maximum atomic E-state index is 14.0. The Labute approximate surface area is 241 Å². The zero-order valence-electron chi connectivity index (χ0n) is 23.2. The number of hydrogen-bond donors (Lipinski definition) is 1. The first-order valence-electron chi connectivity index (χ1n) is 13.9. The number of rotatable bonds is 10. The maximum absolute atomic E-state index is 14.0. The van der Waals surface area contributed by atoms with E-state index in [1.807, 2.05) is 109 Å². The molecule has 1 aliphatic heterocycles. The lowest BCUT2D eigenvalue weighted by Gasteiger charge is -2.32. The number of ether oxygens (including phenoxy) is 2. The van der Waals surface area contributed by atoms with E-state index in [1.54, 1.807) is 12.0 Å². The van der Waals surface area contributed by atoms with Gasteiger partial charge in [0.25, 0.3) is 5.91 Å². The second-order valence-corrected chi connectivity index (χ2v) is 9.98. The summed E-state index contributed by atoms with van der Waals surface area (Å²) in [4.78, 5) is 31.9. The highest BCUT2D eigenvalue weighted by atomic mass is 16.5. The van der Waals surface area contributed by atoms with Crippen molar-refractivity contribution in [1.82, 2.24) is 4.90 Å². The Morgan fingerprint density at radius 1 is 0.829 bits per heavy atom. The van der Waals surface area contributed by atoms with Crippen LogP contribution in [0.15, 0.2) is 109 Å². The Morgan fingerprint density at radius 2 is 1.46 bits per heavy atom. The molecular formula is C34H35N3O4. The fourth-order valence-corrected chi connectivity index (χ4v) is 5.02. The van der Waals surface area contributed by atoms with Gasteiger partial charge in [-0.1, -0.05) is 72.8 Å². The van der Waals surface area contributed by atoms with Crippen molar-refractivity contribution in [1.29, 1.82) is 0 Å². The molecule has 0 bridgehead atoms. The van der Waals surface area contributed by atoms with E-state index in [0.717, 1.165) is 41.2 Å². The van der Waals surface area contributed by atoms with Crippen molar-refractivity contribution in [3.8, 4) is 5.75 Å². The number of hydrogen-bond acceptors (Lipinski definition) is 5. The number of methoxy groups -OCH3 is 1. The van der Waals surface area contributed by atoms with Crippen molar-refractivity contribution in [2.24, 2.45) is 0 Å². The molecule has 41 heavy (non-hydrogen) atoms. The summed E-state index contributed by atoms with van der Waals surface area (Å²) >= 11 is 0. The molecule has 1 saturated heterocycles. The van der Waals surface area contributed by atoms with E-state index >= 15 is 0 Å². The molecule has 0 spiro atoms. The SMILES string of the molecule is COc1ccc(CN(C(=O)Cc2ccccc2)C(C(=O)Nc2ccc(N3CCOCC3)cc2)c2ccccc2)cc1. The number of benzene rings is 4. The van der Waals surface area contributed by atoms with Crippen LogP contribution < -0.4 is 15.0 Å². The van der Waals surface area contributed by atoms with Crippen LogP contribution in [0.2, 0.25) is 0 Å². The van der Waals surface area contributed by atoms with Crippen LogP contribution in [-0.4, -0.2) is 50.1 Å². The second-order valence-electron chi connectivity index (χ2n) is 9.98. The highest BCUT2D eigenvalue weighted by Crippen LogP contribution is 2.28. The summed E-state index contributed by atoms with van der Waals surface area (Å²) in [6.07, 6.45) is 0.182. The quantitative estimate of drug-likeness (QED) is 0.284. The van der Waals surface area contributed by atoms with Crippen molar-refractivity contribution in [3.63, 3.8) is 0 Å². The molecule has 4 aromatic rings. The van der Waals surface area contributed by atoms with Gasteiger partial charge >= 0.3 is 0 Å². The minimum Gasteiger partial charge on any atom is -0.497 e. The maximum Gasteiger partial charge on any atom is 0.251 e. The van der Waals surface area contributed by atoms with Crippen molar-refractivity contribution in [2.45, 2.75) is 19.0 Å². The fraction of sp³-hybridized carbons (Fsp3) is 0.235.